The Kier molecular flexibility index (Phi) is 4.60. The third-order valence-electron chi connectivity index (χ3n) is 5.92. The number of primary amides is 1. The summed E-state index contributed by atoms with van der Waals surface area (Å²) >= 11 is 0. The molecule has 2 atom stereocenters. The van der Waals surface area contributed by atoms with Gasteiger partial charge in [0.05, 0.1) is 0 Å². The standard InChI is InChI=1S/C20H30N2O2/c1-19(2,3)20(24-18(21)23)11-9-15(10-12-20)22-17-13-16(17)14-7-5-4-6-8-14/h4-8,15-17,22H,9-13H2,1-3H3,(H2,21,23)/t15?,16-,17+,20?/m0/s1. The number of amides is 1. The predicted molar refractivity (Wildman–Crippen MR) is 95.8 cm³/mol. The summed E-state index contributed by atoms with van der Waals surface area (Å²) in [6, 6.07) is 11.8. The molecule has 0 spiro atoms. The highest BCUT2D eigenvalue weighted by molar-refractivity contribution is 5.65. The Hall–Kier alpha value is -1.55. The van der Waals surface area contributed by atoms with Gasteiger partial charge in [0.2, 0.25) is 0 Å². The van der Waals surface area contributed by atoms with Crippen molar-refractivity contribution in [1.82, 2.24) is 5.32 Å². The molecule has 4 nitrogen and oxygen atoms in total. The van der Waals surface area contributed by atoms with E-state index in [0.717, 1.165) is 25.7 Å². The van der Waals surface area contributed by atoms with E-state index in [1.54, 1.807) is 0 Å². The first kappa shape index (κ1) is 17.3. The minimum atomic E-state index is -0.650. The van der Waals surface area contributed by atoms with Gasteiger partial charge in [-0.2, -0.15) is 0 Å². The first-order valence-electron chi connectivity index (χ1n) is 9.10. The molecule has 1 amide bonds. The van der Waals surface area contributed by atoms with Crippen molar-refractivity contribution in [2.45, 2.75) is 76.5 Å². The van der Waals surface area contributed by atoms with E-state index in [9.17, 15) is 4.79 Å². The molecule has 0 aliphatic heterocycles. The van der Waals surface area contributed by atoms with Crippen LogP contribution in [0.1, 0.15) is 64.4 Å². The highest BCUT2D eigenvalue weighted by atomic mass is 16.6. The molecule has 2 saturated carbocycles. The number of hydrogen-bond acceptors (Lipinski definition) is 3. The Balaban J connectivity index is 1.55. The fraction of sp³-hybridized carbons (Fsp3) is 0.650. The lowest BCUT2D eigenvalue weighted by molar-refractivity contribution is -0.0932. The number of rotatable bonds is 4. The van der Waals surface area contributed by atoms with E-state index in [-0.39, 0.29) is 5.41 Å². The van der Waals surface area contributed by atoms with Gasteiger partial charge >= 0.3 is 6.09 Å². The Morgan fingerprint density at radius 2 is 1.83 bits per heavy atom. The number of benzene rings is 1. The van der Waals surface area contributed by atoms with Gasteiger partial charge in [-0.3, -0.25) is 0 Å². The average Bonchev–Trinajstić information content (AvgIpc) is 3.28. The fourth-order valence-corrected chi connectivity index (χ4v) is 4.20. The van der Waals surface area contributed by atoms with Crippen LogP contribution in [-0.4, -0.2) is 23.8 Å². The second-order valence-electron chi connectivity index (χ2n) is 8.47. The van der Waals surface area contributed by atoms with Crippen LogP contribution in [0.4, 0.5) is 4.79 Å². The summed E-state index contributed by atoms with van der Waals surface area (Å²) < 4.78 is 5.61. The summed E-state index contributed by atoms with van der Waals surface area (Å²) in [6.07, 6.45) is 4.38. The zero-order valence-electron chi connectivity index (χ0n) is 15.0. The third kappa shape index (κ3) is 3.59. The number of ether oxygens (including phenoxy) is 1. The van der Waals surface area contributed by atoms with Crippen molar-refractivity contribution in [3.8, 4) is 0 Å². The Morgan fingerprint density at radius 1 is 1.21 bits per heavy atom. The van der Waals surface area contributed by atoms with Gasteiger partial charge in [0.25, 0.3) is 0 Å². The highest BCUT2D eigenvalue weighted by Gasteiger charge is 2.48. The topological polar surface area (TPSA) is 64.3 Å². The van der Waals surface area contributed by atoms with Crippen molar-refractivity contribution in [1.29, 1.82) is 0 Å². The normalized spacial score (nSPS) is 33.0. The van der Waals surface area contributed by atoms with Crippen molar-refractivity contribution in [2.75, 3.05) is 0 Å². The minimum absolute atomic E-state index is 0.0981. The second-order valence-corrected chi connectivity index (χ2v) is 8.47. The monoisotopic (exact) mass is 330 g/mol. The molecule has 0 bridgehead atoms. The van der Waals surface area contributed by atoms with Crippen molar-refractivity contribution >= 4 is 6.09 Å². The van der Waals surface area contributed by atoms with Gasteiger partial charge in [0, 0.05) is 23.4 Å². The number of carbonyl (C=O) groups is 1. The summed E-state index contributed by atoms with van der Waals surface area (Å²) in [5, 5.41) is 3.81. The number of hydrogen-bond donors (Lipinski definition) is 2. The van der Waals surface area contributed by atoms with Gasteiger partial charge in [-0.05, 0) is 37.7 Å². The van der Waals surface area contributed by atoms with Crippen LogP contribution in [0.2, 0.25) is 0 Å². The van der Waals surface area contributed by atoms with Crippen LogP contribution in [0.15, 0.2) is 30.3 Å². The zero-order valence-corrected chi connectivity index (χ0v) is 15.0. The molecule has 132 valence electrons. The molecule has 2 aliphatic rings. The number of carbonyl (C=O) groups excluding carboxylic acids is 1. The lowest BCUT2D eigenvalue weighted by Gasteiger charge is -2.47. The van der Waals surface area contributed by atoms with Crippen LogP contribution in [0.5, 0.6) is 0 Å². The van der Waals surface area contributed by atoms with Crippen molar-refractivity contribution in [3.05, 3.63) is 35.9 Å². The molecule has 0 aromatic heterocycles. The van der Waals surface area contributed by atoms with Crippen LogP contribution in [-0.2, 0) is 4.74 Å². The van der Waals surface area contributed by atoms with E-state index < -0.39 is 11.7 Å². The minimum Gasteiger partial charge on any atom is -0.443 e. The second kappa shape index (κ2) is 6.40. The van der Waals surface area contributed by atoms with E-state index in [1.165, 1.54) is 12.0 Å². The van der Waals surface area contributed by atoms with Gasteiger partial charge in [-0.1, -0.05) is 51.1 Å². The molecule has 3 N–H and O–H groups in total. The molecular formula is C20H30N2O2. The summed E-state index contributed by atoms with van der Waals surface area (Å²) in [5.74, 6) is 0.655. The Morgan fingerprint density at radius 3 is 2.38 bits per heavy atom. The molecule has 3 rings (SSSR count). The van der Waals surface area contributed by atoms with E-state index in [1.807, 2.05) is 0 Å². The van der Waals surface area contributed by atoms with Gasteiger partial charge in [0.1, 0.15) is 5.60 Å². The fourth-order valence-electron chi connectivity index (χ4n) is 4.20. The summed E-state index contributed by atoms with van der Waals surface area (Å²) in [6.45, 7) is 6.40. The molecule has 0 unspecified atom stereocenters. The maximum Gasteiger partial charge on any atom is 0.405 e. The quantitative estimate of drug-likeness (QED) is 0.878. The van der Waals surface area contributed by atoms with E-state index in [0.29, 0.717) is 18.0 Å². The molecule has 0 radical (unpaired) electrons. The van der Waals surface area contributed by atoms with Crippen LogP contribution >= 0.6 is 0 Å². The predicted octanol–water partition coefficient (Wildman–Crippen LogP) is 3.95. The summed E-state index contributed by atoms with van der Waals surface area (Å²) in [5.41, 5.74) is 6.24. The average molecular weight is 330 g/mol. The van der Waals surface area contributed by atoms with E-state index in [4.69, 9.17) is 10.5 Å². The SMILES string of the molecule is CC(C)(C)C1(OC(N)=O)CCC(N[C@@H]2C[C@H]2c2ccccc2)CC1. The summed E-state index contributed by atoms with van der Waals surface area (Å²) in [4.78, 5) is 11.4. The summed E-state index contributed by atoms with van der Waals surface area (Å²) in [7, 11) is 0. The largest absolute Gasteiger partial charge is 0.443 e. The van der Waals surface area contributed by atoms with E-state index >= 15 is 0 Å². The molecule has 1 aromatic carbocycles. The van der Waals surface area contributed by atoms with Crippen LogP contribution in [0.25, 0.3) is 0 Å². The molecule has 24 heavy (non-hydrogen) atoms. The number of nitrogens with one attached hydrogen (secondary N) is 1. The third-order valence-corrected chi connectivity index (χ3v) is 5.92. The molecule has 1 aromatic rings. The number of nitrogens with two attached hydrogens (primary N) is 1. The molecule has 0 saturated heterocycles. The van der Waals surface area contributed by atoms with Crippen LogP contribution in [0, 0.1) is 5.41 Å². The van der Waals surface area contributed by atoms with Crippen molar-refractivity contribution in [2.24, 2.45) is 11.1 Å². The van der Waals surface area contributed by atoms with Gasteiger partial charge in [0.15, 0.2) is 0 Å². The van der Waals surface area contributed by atoms with Gasteiger partial charge in [-0.15, -0.1) is 0 Å². The van der Waals surface area contributed by atoms with Crippen molar-refractivity contribution in [3.63, 3.8) is 0 Å². The Labute approximate surface area is 145 Å². The van der Waals surface area contributed by atoms with Crippen LogP contribution in [0.3, 0.4) is 0 Å². The van der Waals surface area contributed by atoms with E-state index in [2.05, 4.69) is 56.4 Å². The molecule has 0 heterocycles. The Bertz CT molecular complexity index is 571. The first-order valence-corrected chi connectivity index (χ1v) is 9.10. The maximum absolute atomic E-state index is 11.4. The molecule has 2 aliphatic carbocycles. The van der Waals surface area contributed by atoms with Crippen LogP contribution < -0.4 is 11.1 Å². The maximum atomic E-state index is 11.4. The first-order chi connectivity index (χ1) is 11.3. The highest BCUT2D eigenvalue weighted by Crippen LogP contribution is 2.46. The van der Waals surface area contributed by atoms with Gasteiger partial charge < -0.3 is 15.8 Å². The smallest absolute Gasteiger partial charge is 0.405 e. The lowest BCUT2D eigenvalue weighted by atomic mass is 9.67. The lowest BCUT2D eigenvalue weighted by Crippen LogP contribution is -2.52. The van der Waals surface area contributed by atoms with Gasteiger partial charge in [-0.25, -0.2) is 4.79 Å². The molecular weight excluding hydrogens is 300 g/mol. The molecule has 4 heteroatoms. The van der Waals surface area contributed by atoms with Crippen molar-refractivity contribution < 1.29 is 9.53 Å². The molecule has 2 fully saturated rings. The zero-order chi connectivity index (χ0) is 17.4.